The minimum absolute atomic E-state index is 0.0700. The number of likely N-dealkylation sites (tertiary alicyclic amines) is 1. The predicted molar refractivity (Wildman–Crippen MR) is 90.9 cm³/mol. The van der Waals surface area contributed by atoms with Gasteiger partial charge < -0.3 is 5.73 Å². The van der Waals surface area contributed by atoms with E-state index in [4.69, 9.17) is 5.73 Å². The Kier molecular flexibility index (Phi) is 3.61. The van der Waals surface area contributed by atoms with E-state index < -0.39 is 0 Å². The average Bonchev–Trinajstić information content (AvgIpc) is 3.19. The van der Waals surface area contributed by atoms with Gasteiger partial charge in [-0.25, -0.2) is 0 Å². The van der Waals surface area contributed by atoms with Crippen LogP contribution in [0.4, 0.5) is 0 Å². The molecule has 0 bridgehead atoms. The number of nitrogens with two attached hydrogens (primary N) is 1. The van der Waals surface area contributed by atoms with Crippen LogP contribution in [0.15, 0.2) is 16.2 Å². The molecule has 1 aliphatic heterocycles. The monoisotopic (exact) mass is 346 g/mol. The number of nitrogens with zero attached hydrogens (tertiary/aromatic N) is 5. The maximum atomic E-state index is 12.4. The van der Waals surface area contributed by atoms with Gasteiger partial charge in [-0.1, -0.05) is 6.42 Å². The molecule has 126 valence electrons. The second kappa shape index (κ2) is 5.67. The molecule has 2 N–H and O–H groups in total. The van der Waals surface area contributed by atoms with Crippen molar-refractivity contribution in [2.45, 2.75) is 31.8 Å². The van der Waals surface area contributed by atoms with Crippen molar-refractivity contribution in [1.82, 2.24) is 24.1 Å². The largest absolute Gasteiger partial charge is 0.368 e. The maximum Gasteiger partial charge on any atom is 0.272 e. The molecule has 3 aromatic rings. The molecule has 4 heterocycles. The van der Waals surface area contributed by atoms with Crippen LogP contribution in [0.25, 0.3) is 16.0 Å². The van der Waals surface area contributed by atoms with Crippen molar-refractivity contribution in [2.24, 2.45) is 12.8 Å². The van der Waals surface area contributed by atoms with E-state index in [9.17, 15) is 9.59 Å². The quantitative estimate of drug-likeness (QED) is 0.744. The Balaban J connectivity index is 1.83. The summed E-state index contributed by atoms with van der Waals surface area (Å²) in [5, 5.41) is 10.4. The lowest BCUT2D eigenvalue weighted by molar-refractivity contribution is -0.124. The van der Waals surface area contributed by atoms with E-state index in [1.54, 1.807) is 7.05 Å². The zero-order valence-electron chi connectivity index (χ0n) is 13.3. The zero-order chi connectivity index (χ0) is 16.8. The summed E-state index contributed by atoms with van der Waals surface area (Å²) >= 11 is 1.41. The van der Waals surface area contributed by atoms with Gasteiger partial charge in [0.25, 0.3) is 5.56 Å². The normalized spacial score (nSPS) is 19.3. The predicted octanol–water partition coefficient (Wildman–Crippen LogP) is 0.483. The molecule has 1 unspecified atom stereocenters. The number of rotatable bonds is 3. The van der Waals surface area contributed by atoms with Gasteiger partial charge in [-0.3, -0.25) is 23.5 Å². The molecule has 1 aliphatic rings. The summed E-state index contributed by atoms with van der Waals surface area (Å²) in [6.45, 7) is 1.29. The fourth-order valence-corrected chi connectivity index (χ4v) is 4.29. The molecule has 0 aliphatic carbocycles. The molecule has 1 fully saturated rings. The number of primary amides is 1. The van der Waals surface area contributed by atoms with Crippen molar-refractivity contribution in [3.05, 3.63) is 27.6 Å². The summed E-state index contributed by atoms with van der Waals surface area (Å²) in [6.07, 6.45) is 2.82. The average molecular weight is 346 g/mol. The molecule has 24 heavy (non-hydrogen) atoms. The van der Waals surface area contributed by atoms with Gasteiger partial charge in [0.05, 0.1) is 18.1 Å². The number of fused-ring (bicyclic) bond motifs is 3. The van der Waals surface area contributed by atoms with Crippen LogP contribution in [-0.4, -0.2) is 42.6 Å². The summed E-state index contributed by atoms with van der Waals surface area (Å²) in [4.78, 5) is 26.1. The van der Waals surface area contributed by atoms with Gasteiger partial charge in [-0.05, 0) is 30.8 Å². The van der Waals surface area contributed by atoms with Gasteiger partial charge in [0.2, 0.25) is 11.7 Å². The summed E-state index contributed by atoms with van der Waals surface area (Å²) in [6, 6.07) is 1.64. The van der Waals surface area contributed by atoms with E-state index in [0.717, 1.165) is 37.1 Å². The third kappa shape index (κ3) is 2.23. The number of hydrogen-bond acceptors (Lipinski definition) is 6. The SMILES string of the molecule is Cn1c(=O)c2sccc2n2c(CN3CCCCC3C(N)=O)nnc12. The van der Waals surface area contributed by atoms with Gasteiger partial charge >= 0.3 is 0 Å². The van der Waals surface area contributed by atoms with E-state index in [-0.39, 0.29) is 17.5 Å². The Labute approximate surface area is 141 Å². The fourth-order valence-electron chi connectivity index (χ4n) is 3.44. The van der Waals surface area contributed by atoms with Crippen molar-refractivity contribution in [2.75, 3.05) is 6.54 Å². The highest BCUT2D eigenvalue weighted by Gasteiger charge is 2.28. The van der Waals surface area contributed by atoms with Gasteiger partial charge in [0, 0.05) is 7.05 Å². The standard InChI is InChI=1S/C15H18N6O2S/c1-19-14(23)12-9(5-7-24-12)21-11(17-18-15(19)21)8-20-6-3-2-4-10(20)13(16)22/h5,7,10H,2-4,6,8H2,1H3,(H2,16,22). The minimum Gasteiger partial charge on any atom is -0.368 e. The lowest BCUT2D eigenvalue weighted by Gasteiger charge is -2.32. The van der Waals surface area contributed by atoms with E-state index in [1.807, 2.05) is 15.8 Å². The first-order valence-corrected chi connectivity index (χ1v) is 8.79. The van der Waals surface area contributed by atoms with E-state index in [2.05, 4.69) is 15.1 Å². The van der Waals surface area contributed by atoms with Gasteiger partial charge in [0.15, 0.2) is 5.82 Å². The number of thiophene rings is 1. The lowest BCUT2D eigenvalue weighted by Crippen LogP contribution is -2.47. The molecule has 1 atom stereocenters. The Bertz CT molecular complexity index is 987. The van der Waals surface area contributed by atoms with Crippen molar-refractivity contribution in [3.63, 3.8) is 0 Å². The third-order valence-corrected chi connectivity index (χ3v) is 5.58. The van der Waals surface area contributed by atoms with Crippen LogP contribution < -0.4 is 11.3 Å². The van der Waals surface area contributed by atoms with Gasteiger partial charge in [-0.2, -0.15) is 0 Å². The number of piperidine rings is 1. The first-order chi connectivity index (χ1) is 11.6. The summed E-state index contributed by atoms with van der Waals surface area (Å²) in [5.74, 6) is 0.933. The van der Waals surface area contributed by atoms with Crippen LogP contribution in [-0.2, 0) is 18.4 Å². The number of aryl methyl sites for hydroxylation is 1. The number of carbonyl (C=O) groups excluding carboxylic acids is 1. The molecule has 0 saturated carbocycles. The van der Waals surface area contributed by atoms with Crippen LogP contribution in [0.5, 0.6) is 0 Å². The molecule has 0 radical (unpaired) electrons. The number of hydrogen-bond donors (Lipinski definition) is 1. The molecular formula is C15H18N6O2S. The van der Waals surface area contributed by atoms with Crippen LogP contribution in [0.3, 0.4) is 0 Å². The van der Waals surface area contributed by atoms with Crippen molar-refractivity contribution in [3.8, 4) is 0 Å². The van der Waals surface area contributed by atoms with Crippen molar-refractivity contribution < 1.29 is 4.79 Å². The maximum absolute atomic E-state index is 12.4. The Hall–Kier alpha value is -2.26. The fraction of sp³-hybridized carbons (Fsp3) is 0.467. The highest BCUT2D eigenvalue weighted by molar-refractivity contribution is 7.17. The molecular weight excluding hydrogens is 328 g/mol. The van der Waals surface area contributed by atoms with E-state index in [1.165, 1.54) is 15.9 Å². The molecule has 0 spiro atoms. The van der Waals surface area contributed by atoms with Crippen molar-refractivity contribution >= 4 is 33.2 Å². The first-order valence-electron chi connectivity index (χ1n) is 7.91. The number of aromatic nitrogens is 4. The van der Waals surface area contributed by atoms with E-state index >= 15 is 0 Å². The molecule has 8 nitrogen and oxygen atoms in total. The summed E-state index contributed by atoms with van der Waals surface area (Å²) in [7, 11) is 1.70. The topological polar surface area (TPSA) is 98.5 Å². The Morgan fingerprint density at radius 3 is 3.04 bits per heavy atom. The Morgan fingerprint density at radius 2 is 2.25 bits per heavy atom. The summed E-state index contributed by atoms with van der Waals surface area (Å²) in [5.41, 5.74) is 6.29. The minimum atomic E-state index is -0.295. The zero-order valence-corrected chi connectivity index (χ0v) is 14.1. The second-order valence-electron chi connectivity index (χ2n) is 6.14. The number of amides is 1. The third-order valence-electron chi connectivity index (χ3n) is 4.68. The van der Waals surface area contributed by atoms with Gasteiger partial charge in [-0.15, -0.1) is 21.5 Å². The molecule has 9 heteroatoms. The van der Waals surface area contributed by atoms with Crippen LogP contribution in [0.1, 0.15) is 25.1 Å². The summed E-state index contributed by atoms with van der Waals surface area (Å²) < 4.78 is 4.09. The highest BCUT2D eigenvalue weighted by Crippen LogP contribution is 2.22. The molecule has 1 saturated heterocycles. The Morgan fingerprint density at radius 1 is 1.42 bits per heavy atom. The molecule has 0 aromatic carbocycles. The number of carbonyl (C=O) groups is 1. The first kappa shape index (κ1) is 15.3. The highest BCUT2D eigenvalue weighted by atomic mass is 32.1. The van der Waals surface area contributed by atoms with Crippen LogP contribution in [0, 0.1) is 0 Å². The smallest absolute Gasteiger partial charge is 0.272 e. The molecule has 1 amide bonds. The second-order valence-corrected chi connectivity index (χ2v) is 7.05. The lowest BCUT2D eigenvalue weighted by atomic mass is 10.0. The molecule has 4 rings (SSSR count). The van der Waals surface area contributed by atoms with Crippen LogP contribution in [0.2, 0.25) is 0 Å². The molecule has 3 aromatic heterocycles. The van der Waals surface area contributed by atoms with Crippen LogP contribution >= 0.6 is 11.3 Å². The van der Waals surface area contributed by atoms with Gasteiger partial charge in [0.1, 0.15) is 4.70 Å². The van der Waals surface area contributed by atoms with Crippen molar-refractivity contribution in [1.29, 1.82) is 0 Å². The van der Waals surface area contributed by atoms with E-state index in [0.29, 0.717) is 17.0 Å².